The lowest BCUT2D eigenvalue weighted by Crippen LogP contribution is -2.42. The van der Waals surface area contributed by atoms with Gasteiger partial charge in [0.1, 0.15) is 0 Å². The van der Waals surface area contributed by atoms with E-state index < -0.39 is 5.97 Å². The lowest BCUT2D eigenvalue weighted by molar-refractivity contribution is 0.0696. The first kappa shape index (κ1) is 15.4. The molecule has 2 atom stereocenters. The van der Waals surface area contributed by atoms with Crippen LogP contribution in [0.25, 0.3) is 0 Å². The van der Waals surface area contributed by atoms with E-state index in [0.29, 0.717) is 11.3 Å². The van der Waals surface area contributed by atoms with Crippen LogP contribution in [0.4, 0.5) is 10.5 Å². The Labute approximate surface area is 125 Å². The predicted octanol–water partition coefficient (Wildman–Crippen LogP) is 3.49. The minimum Gasteiger partial charge on any atom is -0.478 e. The zero-order valence-corrected chi connectivity index (χ0v) is 12.7. The molecule has 1 aliphatic rings. The second-order valence-corrected chi connectivity index (χ2v) is 5.61. The van der Waals surface area contributed by atoms with Gasteiger partial charge in [0.25, 0.3) is 0 Å². The molecule has 5 heteroatoms. The van der Waals surface area contributed by atoms with E-state index in [1.165, 1.54) is 0 Å². The summed E-state index contributed by atoms with van der Waals surface area (Å²) in [6.07, 6.45) is 2.98. The van der Waals surface area contributed by atoms with Crippen molar-refractivity contribution in [3.8, 4) is 0 Å². The number of hydrogen-bond donors (Lipinski definition) is 2. The Morgan fingerprint density at radius 2 is 2.10 bits per heavy atom. The third-order valence-corrected chi connectivity index (χ3v) is 4.30. The van der Waals surface area contributed by atoms with Gasteiger partial charge >= 0.3 is 12.0 Å². The first-order valence-corrected chi connectivity index (χ1v) is 7.38. The number of anilines is 1. The number of carbonyl (C=O) groups excluding carboxylic acids is 1. The molecule has 1 fully saturated rings. The second-order valence-electron chi connectivity index (χ2n) is 5.61. The highest BCUT2D eigenvalue weighted by atomic mass is 16.4. The van der Waals surface area contributed by atoms with Crippen LogP contribution in [-0.2, 0) is 0 Å². The molecule has 1 heterocycles. The highest BCUT2D eigenvalue weighted by Gasteiger charge is 2.33. The average Bonchev–Trinajstić information content (AvgIpc) is 2.81. The molecule has 1 aromatic rings. The van der Waals surface area contributed by atoms with E-state index in [1.807, 2.05) is 4.90 Å². The summed E-state index contributed by atoms with van der Waals surface area (Å²) in [6.45, 7) is 5.85. The predicted molar refractivity (Wildman–Crippen MR) is 81.8 cm³/mol. The molecule has 5 nitrogen and oxygen atoms in total. The van der Waals surface area contributed by atoms with Crippen LogP contribution in [0.2, 0.25) is 0 Å². The minimum atomic E-state index is -0.982. The van der Waals surface area contributed by atoms with Crippen molar-refractivity contribution in [2.75, 3.05) is 5.32 Å². The SMILES string of the molecule is CCC1CCC(C)N1C(=O)Nc1cccc(C(=O)O)c1C. The topological polar surface area (TPSA) is 69.6 Å². The summed E-state index contributed by atoms with van der Waals surface area (Å²) in [7, 11) is 0. The lowest BCUT2D eigenvalue weighted by atomic mass is 10.1. The molecule has 1 saturated heterocycles. The Bertz CT molecular complexity index is 556. The average molecular weight is 290 g/mol. The van der Waals surface area contributed by atoms with Crippen LogP contribution in [-0.4, -0.2) is 34.1 Å². The number of benzene rings is 1. The molecule has 2 amide bonds. The highest BCUT2D eigenvalue weighted by Crippen LogP contribution is 2.27. The van der Waals surface area contributed by atoms with Gasteiger partial charge in [-0.05, 0) is 50.8 Å². The summed E-state index contributed by atoms with van der Waals surface area (Å²) in [5, 5.41) is 12.0. The number of likely N-dealkylation sites (tertiary alicyclic amines) is 1. The number of aromatic carboxylic acids is 1. The second kappa shape index (κ2) is 6.16. The number of amides is 2. The molecule has 1 aliphatic heterocycles. The summed E-state index contributed by atoms with van der Waals surface area (Å²) >= 11 is 0. The first-order valence-electron chi connectivity index (χ1n) is 7.38. The largest absolute Gasteiger partial charge is 0.478 e. The van der Waals surface area contributed by atoms with Crippen molar-refractivity contribution in [2.45, 2.75) is 52.1 Å². The van der Waals surface area contributed by atoms with Gasteiger partial charge < -0.3 is 15.3 Å². The fraction of sp³-hybridized carbons (Fsp3) is 0.500. The van der Waals surface area contributed by atoms with Crippen LogP contribution < -0.4 is 5.32 Å². The van der Waals surface area contributed by atoms with Gasteiger partial charge in [-0.1, -0.05) is 13.0 Å². The molecular weight excluding hydrogens is 268 g/mol. The van der Waals surface area contributed by atoms with E-state index in [4.69, 9.17) is 5.11 Å². The van der Waals surface area contributed by atoms with Crippen molar-refractivity contribution < 1.29 is 14.7 Å². The van der Waals surface area contributed by atoms with Crippen molar-refractivity contribution in [1.29, 1.82) is 0 Å². The van der Waals surface area contributed by atoms with Crippen LogP contribution in [0, 0.1) is 6.92 Å². The fourth-order valence-corrected chi connectivity index (χ4v) is 3.02. The van der Waals surface area contributed by atoms with E-state index in [2.05, 4.69) is 19.2 Å². The molecule has 21 heavy (non-hydrogen) atoms. The molecule has 2 N–H and O–H groups in total. The highest BCUT2D eigenvalue weighted by molar-refractivity contribution is 5.95. The van der Waals surface area contributed by atoms with Crippen LogP contribution >= 0.6 is 0 Å². The van der Waals surface area contributed by atoms with E-state index in [9.17, 15) is 9.59 Å². The quantitative estimate of drug-likeness (QED) is 0.895. The Morgan fingerprint density at radius 3 is 2.71 bits per heavy atom. The molecule has 0 radical (unpaired) electrons. The van der Waals surface area contributed by atoms with Crippen molar-refractivity contribution in [2.24, 2.45) is 0 Å². The lowest BCUT2D eigenvalue weighted by Gasteiger charge is -2.28. The molecule has 0 bridgehead atoms. The molecule has 0 aliphatic carbocycles. The van der Waals surface area contributed by atoms with E-state index in [-0.39, 0.29) is 23.7 Å². The summed E-state index contributed by atoms with van der Waals surface area (Å²) < 4.78 is 0. The van der Waals surface area contributed by atoms with Crippen molar-refractivity contribution in [1.82, 2.24) is 4.90 Å². The van der Waals surface area contributed by atoms with Gasteiger partial charge in [-0.15, -0.1) is 0 Å². The van der Waals surface area contributed by atoms with Gasteiger partial charge in [-0.3, -0.25) is 0 Å². The zero-order chi connectivity index (χ0) is 15.6. The third-order valence-electron chi connectivity index (χ3n) is 4.30. The molecule has 1 aromatic carbocycles. The van der Waals surface area contributed by atoms with Crippen molar-refractivity contribution in [3.05, 3.63) is 29.3 Å². The Balaban J connectivity index is 2.20. The van der Waals surface area contributed by atoms with Crippen LogP contribution in [0.5, 0.6) is 0 Å². The monoisotopic (exact) mass is 290 g/mol. The number of urea groups is 1. The molecule has 2 unspecified atom stereocenters. The third kappa shape index (κ3) is 3.01. The standard InChI is InChI=1S/C16H22N2O3/c1-4-12-9-8-10(2)18(12)16(21)17-14-7-5-6-13(11(14)3)15(19)20/h5-7,10,12H,4,8-9H2,1-3H3,(H,17,21)(H,19,20). The van der Waals surface area contributed by atoms with Gasteiger partial charge in [0.15, 0.2) is 0 Å². The summed E-state index contributed by atoms with van der Waals surface area (Å²) in [5.74, 6) is -0.982. The molecule has 114 valence electrons. The number of carbonyl (C=O) groups is 2. The van der Waals surface area contributed by atoms with Crippen LogP contribution in [0.15, 0.2) is 18.2 Å². The summed E-state index contributed by atoms with van der Waals surface area (Å²) in [4.78, 5) is 25.5. The Hall–Kier alpha value is -2.04. The fourth-order valence-electron chi connectivity index (χ4n) is 3.02. The van der Waals surface area contributed by atoms with Gasteiger partial charge in [0.2, 0.25) is 0 Å². The van der Waals surface area contributed by atoms with Crippen LogP contribution in [0.1, 0.15) is 49.0 Å². The number of nitrogens with one attached hydrogen (secondary N) is 1. The first-order chi connectivity index (χ1) is 9.95. The number of carboxylic acids is 1. The van der Waals surface area contributed by atoms with E-state index in [0.717, 1.165) is 19.3 Å². The van der Waals surface area contributed by atoms with Gasteiger partial charge in [0, 0.05) is 17.8 Å². The van der Waals surface area contributed by atoms with Crippen molar-refractivity contribution >= 4 is 17.7 Å². The van der Waals surface area contributed by atoms with E-state index >= 15 is 0 Å². The van der Waals surface area contributed by atoms with Crippen LogP contribution in [0.3, 0.4) is 0 Å². The van der Waals surface area contributed by atoms with Gasteiger partial charge in [-0.25, -0.2) is 9.59 Å². The smallest absolute Gasteiger partial charge is 0.336 e. The maximum atomic E-state index is 12.5. The Morgan fingerprint density at radius 1 is 1.38 bits per heavy atom. The number of rotatable bonds is 3. The van der Waals surface area contributed by atoms with E-state index in [1.54, 1.807) is 25.1 Å². The number of hydrogen-bond acceptors (Lipinski definition) is 2. The summed E-state index contributed by atoms with van der Waals surface area (Å²) in [5.41, 5.74) is 1.36. The maximum Gasteiger partial charge on any atom is 0.336 e. The minimum absolute atomic E-state index is 0.141. The Kier molecular flexibility index (Phi) is 4.50. The molecule has 0 aromatic heterocycles. The molecule has 0 spiro atoms. The number of nitrogens with zero attached hydrogens (tertiary/aromatic N) is 1. The summed E-state index contributed by atoms with van der Waals surface area (Å²) in [6, 6.07) is 5.28. The molecule has 0 saturated carbocycles. The zero-order valence-electron chi connectivity index (χ0n) is 12.7. The molecular formula is C16H22N2O3. The van der Waals surface area contributed by atoms with Crippen molar-refractivity contribution in [3.63, 3.8) is 0 Å². The normalized spacial score (nSPS) is 21.4. The maximum absolute atomic E-state index is 12.5. The van der Waals surface area contributed by atoms with Gasteiger partial charge in [-0.2, -0.15) is 0 Å². The molecule has 2 rings (SSSR count). The van der Waals surface area contributed by atoms with Gasteiger partial charge in [0.05, 0.1) is 5.56 Å². The number of carboxylic acid groups (broad SMARTS) is 1.